The zero-order valence-corrected chi connectivity index (χ0v) is 17.8. The summed E-state index contributed by atoms with van der Waals surface area (Å²) in [6, 6.07) is 7.30. The van der Waals surface area contributed by atoms with Crippen LogP contribution < -0.4 is 5.32 Å². The molecule has 2 heterocycles. The van der Waals surface area contributed by atoms with Gasteiger partial charge in [-0.05, 0) is 36.6 Å². The molecule has 9 heteroatoms. The molecule has 8 nitrogen and oxygen atoms in total. The number of aromatic nitrogens is 2. The van der Waals surface area contributed by atoms with Gasteiger partial charge in [-0.3, -0.25) is 14.5 Å². The van der Waals surface area contributed by atoms with Crippen molar-refractivity contribution >= 4 is 23.4 Å². The highest BCUT2D eigenvalue weighted by Crippen LogP contribution is 2.37. The standard InChI is InChI=1S/C21H26ClN5O3/c1-14-12-17(14)21(29)23-7-6-19(28)27-10-8-26(9-11-27)13-18-24-20(25-30-18)15-2-4-16(22)5-3-15/h2-5,14,17H,6-13H2,1H3,(H,23,29). The van der Waals surface area contributed by atoms with Crippen LogP contribution in [0.1, 0.15) is 25.7 Å². The minimum Gasteiger partial charge on any atom is -0.355 e. The van der Waals surface area contributed by atoms with Crippen LogP contribution in [0.25, 0.3) is 11.4 Å². The Balaban J connectivity index is 1.19. The van der Waals surface area contributed by atoms with Crippen LogP contribution in [0, 0.1) is 11.8 Å². The molecule has 30 heavy (non-hydrogen) atoms. The topological polar surface area (TPSA) is 91.6 Å². The van der Waals surface area contributed by atoms with Gasteiger partial charge >= 0.3 is 0 Å². The van der Waals surface area contributed by atoms with Crippen molar-refractivity contribution in [3.05, 3.63) is 35.2 Å². The minimum absolute atomic E-state index is 0.0812. The van der Waals surface area contributed by atoms with Crippen LogP contribution in [-0.4, -0.2) is 64.5 Å². The van der Waals surface area contributed by atoms with E-state index in [9.17, 15) is 9.59 Å². The van der Waals surface area contributed by atoms with Gasteiger partial charge in [-0.1, -0.05) is 23.7 Å². The summed E-state index contributed by atoms with van der Waals surface area (Å²) < 4.78 is 5.38. The van der Waals surface area contributed by atoms with Crippen LogP contribution in [-0.2, 0) is 16.1 Å². The van der Waals surface area contributed by atoms with E-state index in [4.69, 9.17) is 16.1 Å². The monoisotopic (exact) mass is 431 g/mol. The molecule has 1 aliphatic heterocycles. The fourth-order valence-electron chi connectivity index (χ4n) is 3.65. The molecule has 160 valence electrons. The normalized spacial score (nSPS) is 21.5. The number of halogens is 1. The number of carbonyl (C=O) groups is 2. The molecule has 2 unspecified atom stereocenters. The number of benzene rings is 1. The van der Waals surface area contributed by atoms with Crippen LogP contribution in [0.3, 0.4) is 0 Å². The van der Waals surface area contributed by atoms with Crippen molar-refractivity contribution in [1.82, 2.24) is 25.3 Å². The molecule has 0 bridgehead atoms. The van der Waals surface area contributed by atoms with E-state index in [0.29, 0.717) is 55.3 Å². The largest absolute Gasteiger partial charge is 0.355 e. The SMILES string of the molecule is CC1CC1C(=O)NCCC(=O)N1CCN(Cc2nc(-c3ccc(Cl)cc3)no2)CC1. The molecular formula is C21H26ClN5O3. The Morgan fingerprint density at radius 2 is 1.90 bits per heavy atom. The van der Waals surface area contributed by atoms with E-state index in [1.54, 1.807) is 12.1 Å². The zero-order valence-electron chi connectivity index (χ0n) is 17.0. The molecule has 1 saturated heterocycles. The Hall–Kier alpha value is -2.45. The average molecular weight is 432 g/mol. The second-order valence-corrected chi connectivity index (χ2v) is 8.47. The maximum Gasteiger partial charge on any atom is 0.241 e. The third-order valence-electron chi connectivity index (χ3n) is 5.74. The number of hydrogen-bond acceptors (Lipinski definition) is 6. The zero-order chi connectivity index (χ0) is 21.1. The smallest absolute Gasteiger partial charge is 0.241 e. The van der Waals surface area contributed by atoms with Crippen LogP contribution in [0.4, 0.5) is 0 Å². The first kappa shape index (κ1) is 20.8. The van der Waals surface area contributed by atoms with Crippen molar-refractivity contribution < 1.29 is 14.1 Å². The van der Waals surface area contributed by atoms with Crippen molar-refractivity contribution in [2.24, 2.45) is 11.8 Å². The number of amides is 2. The number of hydrogen-bond donors (Lipinski definition) is 1. The van der Waals surface area contributed by atoms with Crippen LogP contribution in [0.2, 0.25) is 5.02 Å². The Morgan fingerprint density at radius 3 is 2.57 bits per heavy atom. The van der Waals surface area contributed by atoms with Gasteiger partial charge in [-0.25, -0.2) is 0 Å². The summed E-state index contributed by atoms with van der Waals surface area (Å²) in [5.41, 5.74) is 0.855. The van der Waals surface area contributed by atoms with E-state index in [-0.39, 0.29) is 17.7 Å². The highest BCUT2D eigenvalue weighted by molar-refractivity contribution is 6.30. The van der Waals surface area contributed by atoms with E-state index >= 15 is 0 Å². The second kappa shape index (κ2) is 9.14. The summed E-state index contributed by atoms with van der Waals surface area (Å²) in [7, 11) is 0. The third kappa shape index (κ3) is 5.17. The van der Waals surface area contributed by atoms with E-state index < -0.39 is 0 Å². The Morgan fingerprint density at radius 1 is 1.20 bits per heavy atom. The first-order valence-corrected chi connectivity index (χ1v) is 10.7. The Kier molecular flexibility index (Phi) is 6.34. The molecular weight excluding hydrogens is 406 g/mol. The quantitative estimate of drug-likeness (QED) is 0.722. The molecule has 4 rings (SSSR count). The van der Waals surface area contributed by atoms with Gasteiger partial charge in [0.25, 0.3) is 0 Å². The van der Waals surface area contributed by atoms with Crippen molar-refractivity contribution in [2.75, 3.05) is 32.7 Å². The van der Waals surface area contributed by atoms with Gasteiger partial charge in [0.2, 0.25) is 23.5 Å². The first-order valence-electron chi connectivity index (χ1n) is 10.4. The lowest BCUT2D eigenvalue weighted by molar-refractivity contribution is -0.133. The summed E-state index contributed by atoms with van der Waals surface area (Å²) in [6.45, 7) is 5.85. The van der Waals surface area contributed by atoms with Crippen molar-refractivity contribution in [3.8, 4) is 11.4 Å². The van der Waals surface area contributed by atoms with E-state index in [0.717, 1.165) is 25.1 Å². The summed E-state index contributed by atoms with van der Waals surface area (Å²) >= 11 is 5.91. The van der Waals surface area contributed by atoms with Gasteiger partial charge in [0.05, 0.1) is 6.54 Å². The summed E-state index contributed by atoms with van der Waals surface area (Å²) in [5, 5.41) is 7.57. The van der Waals surface area contributed by atoms with Crippen molar-refractivity contribution in [2.45, 2.75) is 26.3 Å². The molecule has 2 amide bonds. The van der Waals surface area contributed by atoms with E-state index in [1.807, 2.05) is 17.0 Å². The van der Waals surface area contributed by atoms with Gasteiger partial charge in [-0.15, -0.1) is 0 Å². The van der Waals surface area contributed by atoms with Gasteiger partial charge in [-0.2, -0.15) is 4.98 Å². The molecule has 2 aliphatic rings. The van der Waals surface area contributed by atoms with Gasteiger partial charge < -0.3 is 14.7 Å². The fraction of sp³-hybridized carbons (Fsp3) is 0.524. The van der Waals surface area contributed by atoms with Crippen LogP contribution in [0.5, 0.6) is 0 Å². The first-order chi connectivity index (χ1) is 14.5. The highest BCUT2D eigenvalue weighted by Gasteiger charge is 2.38. The number of rotatable bonds is 7. The lowest BCUT2D eigenvalue weighted by Gasteiger charge is -2.34. The molecule has 1 aromatic heterocycles. The lowest BCUT2D eigenvalue weighted by Crippen LogP contribution is -2.48. The minimum atomic E-state index is 0.0812. The molecule has 2 atom stereocenters. The van der Waals surface area contributed by atoms with Crippen LogP contribution >= 0.6 is 11.6 Å². The van der Waals surface area contributed by atoms with E-state index in [2.05, 4.69) is 27.3 Å². The van der Waals surface area contributed by atoms with Crippen LogP contribution in [0.15, 0.2) is 28.8 Å². The summed E-state index contributed by atoms with van der Waals surface area (Å²) in [6.07, 6.45) is 1.31. The van der Waals surface area contributed by atoms with Gasteiger partial charge in [0.1, 0.15) is 0 Å². The van der Waals surface area contributed by atoms with Crippen molar-refractivity contribution in [3.63, 3.8) is 0 Å². The third-order valence-corrected chi connectivity index (χ3v) is 5.99. The molecule has 2 fully saturated rings. The molecule has 1 aliphatic carbocycles. The average Bonchev–Trinajstić information content (AvgIpc) is 3.30. The number of piperazine rings is 1. The predicted molar refractivity (Wildman–Crippen MR) is 111 cm³/mol. The second-order valence-electron chi connectivity index (χ2n) is 8.04. The molecule has 2 aromatic rings. The molecule has 0 radical (unpaired) electrons. The molecule has 1 saturated carbocycles. The predicted octanol–water partition coefficient (Wildman–Crippen LogP) is 2.20. The number of nitrogens with zero attached hydrogens (tertiary/aromatic N) is 4. The fourth-order valence-corrected chi connectivity index (χ4v) is 3.78. The summed E-state index contributed by atoms with van der Waals surface area (Å²) in [4.78, 5) is 32.7. The van der Waals surface area contributed by atoms with Crippen molar-refractivity contribution in [1.29, 1.82) is 0 Å². The Labute approximate surface area is 180 Å². The maximum atomic E-state index is 12.4. The highest BCUT2D eigenvalue weighted by atomic mass is 35.5. The molecule has 1 aromatic carbocycles. The molecule has 0 spiro atoms. The molecule has 1 N–H and O–H groups in total. The maximum absolute atomic E-state index is 12.4. The van der Waals surface area contributed by atoms with Gasteiger partial charge in [0.15, 0.2) is 0 Å². The number of nitrogens with one attached hydrogen (secondary N) is 1. The summed E-state index contributed by atoms with van der Waals surface area (Å²) in [5.74, 6) is 1.89. The number of carbonyl (C=O) groups excluding carboxylic acids is 2. The van der Waals surface area contributed by atoms with E-state index in [1.165, 1.54) is 0 Å². The lowest BCUT2D eigenvalue weighted by atomic mass is 10.2. The van der Waals surface area contributed by atoms with Gasteiger partial charge in [0, 0.05) is 55.6 Å². The Bertz CT molecular complexity index is 892.